The summed E-state index contributed by atoms with van der Waals surface area (Å²) in [6, 6.07) is 12.9. The van der Waals surface area contributed by atoms with Gasteiger partial charge >= 0.3 is 12.0 Å². The van der Waals surface area contributed by atoms with Crippen LogP contribution in [0.25, 0.3) is 54.4 Å². The highest BCUT2D eigenvalue weighted by Gasteiger charge is 2.50. The van der Waals surface area contributed by atoms with Crippen LogP contribution in [0.1, 0.15) is 93.5 Å². The Labute approximate surface area is 485 Å². The molecule has 4 N–H and O–H groups in total. The predicted molar refractivity (Wildman–Crippen MR) is 312 cm³/mol. The van der Waals surface area contributed by atoms with Gasteiger partial charge in [-0.1, -0.05) is 38.1 Å². The van der Waals surface area contributed by atoms with Crippen LogP contribution in [0, 0.1) is 23.0 Å². The number of nitrogens with zero attached hydrogens (tertiary/aromatic N) is 8. The average molecular weight is 1170 g/mol. The van der Waals surface area contributed by atoms with E-state index >= 15 is 8.78 Å². The van der Waals surface area contributed by atoms with Crippen LogP contribution in [0.5, 0.6) is 11.8 Å². The van der Waals surface area contributed by atoms with E-state index in [1.807, 2.05) is 44.0 Å². The zero-order chi connectivity index (χ0) is 58.4. The van der Waals surface area contributed by atoms with Crippen LogP contribution in [0.4, 0.5) is 24.0 Å². The predicted octanol–water partition coefficient (Wildman–Crippen LogP) is 9.24. The number of piperazine rings is 1. The molecular formula is C61H62ClF3N10O7S. The van der Waals surface area contributed by atoms with E-state index in [2.05, 4.69) is 21.8 Å². The maximum Gasteiger partial charge on any atom is 0.343 e. The maximum atomic E-state index is 17.6. The number of hydrogen-bond acceptors (Lipinski definition) is 16. The molecule has 0 unspecified atom stereocenters. The fourth-order valence-electron chi connectivity index (χ4n) is 13.4. The maximum absolute atomic E-state index is 17.6. The van der Waals surface area contributed by atoms with Crippen molar-refractivity contribution in [1.82, 2.24) is 34.6 Å². The molecule has 9 heterocycles. The molecule has 22 heteroatoms. The highest BCUT2D eigenvalue weighted by atomic mass is 35.5. The van der Waals surface area contributed by atoms with E-state index in [1.54, 1.807) is 34.6 Å². The second-order valence-electron chi connectivity index (χ2n) is 22.5. The fraction of sp³-hybridized carbons (Fsp3) is 0.426. The summed E-state index contributed by atoms with van der Waals surface area (Å²) in [6.45, 7) is 12.5. The van der Waals surface area contributed by atoms with Crippen LogP contribution in [-0.4, -0.2) is 123 Å². The molecule has 0 bridgehead atoms. The number of unbranched alkanes of at least 4 members (excludes halogenated alkanes) is 1. The van der Waals surface area contributed by atoms with Gasteiger partial charge in [-0.05, 0) is 120 Å². The number of nitriles is 1. The number of benzene rings is 3. The normalized spacial score (nSPS) is 21.5. The van der Waals surface area contributed by atoms with Gasteiger partial charge in [0.2, 0.25) is 0 Å². The number of nitrogens with two attached hydrogens (primary N) is 1. The summed E-state index contributed by atoms with van der Waals surface area (Å²) in [5, 5.41) is 26.0. The van der Waals surface area contributed by atoms with Crippen LogP contribution in [0.3, 0.4) is 0 Å². The summed E-state index contributed by atoms with van der Waals surface area (Å²) in [4.78, 5) is 62.0. The number of halogens is 4. The number of rotatable bonds is 16. The van der Waals surface area contributed by atoms with Crippen LogP contribution in [0.15, 0.2) is 59.4 Å². The quantitative estimate of drug-likeness (QED) is 0.0467. The van der Waals surface area contributed by atoms with Crippen molar-refractivity contribution < 1.29 is 42.1 Å². The van der Waals surface area contributed by atoms with Crippen molar-refractivity contribution in [2.75, 3.05) is 63.6 Å². The van der Waals surface area contributed by atoms with Gasteiger partial charge in [-0.15, -0.1) is 11.3 Å². The van der Waals surface area contributed by atoms with Gasteiger partial charge in [0.1, 0.15) is 59.5 Å². The lowest BCUT2D eigenvalue weighted by atomic mass is 9.86. The fourth-order valence-corrected chi connectivity index (χ4v) is 14.6. The van der Waals surface area contributed by atoms with Crippen molar-refractivity contribution in [3.63, 3.8) is 0 Å². The molecule has 3 aromatic carbocycles. The number of pyridine rings is 2. The minimum absolute atomic E-state index is 0.00128. The molecule has 3 saturated heterocycles. The van der Waals surface area contributed by atoms with Gasteiger partial charge in [0.25, 0.3) is 11.5 Å². The molecule has 0 radical (unpaired) electrons. The Morgan fingerprint density at radius 3 is 2.66 bits per heavy atom. The van der Waals surface area contributed by atoms with Gasteiger partial charge < -0.3 is 44.7 Å². The van der Waals surface area contributed by atoms with Crippen LogP contribution in [-0.2, 0) is 39.5 Å². The van der Waals surface area contributed by atoms with Crippen molar-refractivity contribution in [3.8, 4) is 40.3 Å². The molecule has 0 saturated carbocycles. The number of aryl methyl sites for hydroxylation is 1. The highest BCUT2D eigenvalue weighted by molar-refractivity contribution is 7.23. The van der Waals surface area contributed by atoms with E-state index in [0.717, 1.165) is 60.2 Å². The van der Waals surface area contributed by atoms with Gasteiger partial charge in [0.05, 0.1) is 55.4 Å². The van der Waals surface area contributed by atoms with Gasteiger partial charge in [-0.25, -0.2) is 22.9 Å². The number of aromatic nitrogens is 4. The van der Waals surface area contributed by atoms with Gasteiger partial charge in [-0.2, -0.15) is 15.2 Å². The first kappa shape index (κ1) is 56.1. The lowest BCUT2D eigenvalue weighted by Crippen LogP contribution is -2.55. The third-order valence-corrected chi connectivity index (χ3v) is 19.0. The molecule has 83 heavy (non-hydrogen) atoms. The molecule has 5 aliphatic heterocycles. The Balaban J connectivity index is 0.836. The lowest BCUT2D eigenvalue weighted by molar-refractivity contribution is -0.172. The molecule has 432 valence electrons. The monoisotopic (exact) mass is 1170 g/mol. The second-order valence-corrected chi connectivity index (χ2v) is 23.9. The Morgan fingerprint density at radius 2 is 1.90 bits per heavy atom. The Morgan fingerprint density at radius 1 is 1.08 bits per heavy atom. The number of ether oxygens (including phenoxy) is 3. The number of thiophene rings is 1. The molecule has 1 amide bonds. The summed E-state index contributed by atoms with van der Waals surface area (Å²) in [6.07, 6.45) is 2.77. The summed E-state index contributed by atoms with van der Waals surface area (Å²) < 4.78 is 68.0. The molecule has 5 atom stereocenters. The number of amides is 1. The third-order valence-electron chi connectivity index (χ3n) is 17.7. The van der Waals surface area contributed by atoms with E-state index in [1.165, 1.54) is 12.1 Å². The summed E-state index contributed by atoms with van der Waals surface area (Å²) >= 11 is 7.94. The molecule has 17 nitrogen and oxygen atoms in total. The van der Waals surface area contributed by atoms with Gasteiger partial charge in [0, 0.05) is 71.5 Å². The summed E-state index contributed by atoms with van der Waals surface area (Å²) in [7, 11) is 1.88. The summed E-state index contributed by atoms with van der Waals surface area (Å²) in [5.41, 5.74) is 7.54. The minimum Gasteiger partial charge on any atom is -0.486 e. The number of anilines is 2. The molecule has 0 spiro atoms. The SMILES string of the molecule is C=C(C(=O)N1CCN(c2nc(OC[C@@]34CCCN3C[C@H](F)C4)nc3c(F)c(-c4ccc(F)c5sc(N)c(C#N)c45)c(Cl)cc23)[C@@H](C)C1)[C@H](CCCCNC)Oc1ccc2nc3c(c(CC)c2c1)Cn1c-3cc2c(c1=O)COC(=O)[C@]2(O)CC. The van der Waals surface area contributed by atoms with E-state index in [-0.39, 0.29) is 134 Å². The first-order valence-electron chi connectivity index (χ1n) is 28.2. The molecular weight excluding hydrogens is 1110 g/mol. The van der Waals surface area contributed by atoms with E-state index in [0.29, 0.717) is 54.3 Å². The van der Waals surface area contributed by atoms with Crippen molar-refractivity contribution in [2.24, 2.45) is 0 Å². The zero-order valence-electron chi connectivity index (χ0n) is 46.5. The van der Waals surface area contributed by atoms with Crippen LogP contribution >= 0.6 is 22.9 Å². The topological polar surface area (TPSA) is 214 Å². The number of carbonyl (C=O) groups excluding carboxylic acids is 2. The Hall–Kier alpha value is -7.35. The molecule has 3 fully saturated rings. The number of esters is 1. The number of cyclic esters (lactones) is 1. The summed E-state index contributed by atoms with van der Waals surface area (Å²) in [5.74, 6) is -1.77. The number of alkyl halides is 1. The Bertz CT molecular complexity index is 3980. The lowest BCUT2D eigenvalue weighted by Gasteiger charge is -2.41. The largest absolute Gasteiger partial charge is 0.486 e. The minimum atomic E-state index is -1.95. The number of carbonyl (C=O) groups is 2. The van der Waals surface area contributed by atoms with E-state index in [9.17, 15) is 29.1 Å². The van der Waals surface area contributed by atoms with Crippen molar-refractivity contribution >= 4 is 77.5 Å². The van der Waals surface area contributed by atoms with Gasteiger partial charge in [0.15, 0.2) is 11.4 Å². The number of aliphatic hydroxyl groups is 1. The third kappa shape index (κ3) is 9.32. The van der Waals surface area contributed by atoms with Crippen molar-refractivity contribution in [1.29, 1.82) is 5.26 Å². The molecule has 7 aromatic rings. The Kier molecular flexibility index (Phi) is 14.7. The zero-order valence-corrected chi connectivity index (χ0v) is 48.0. The first-order valence-corrected chi connectivity index (χ1v) is 29.4. The molecule has 0 aliphatic carbocycles. The molecule has 4 aromatic heterocycles. The number of hydrogen-bond donors (Lipinski definition) is 3. The average Bonchev–Trinajstić information content (AvgIpc) is 4.40. The standard InChI is InChI=1S/C61H62ClF3N10O7S/c1-6-35-37-21-34(12-15-45(37)69-51-40(35)28-75-46(51)23-42-41(57(75)77)29-80-58(78)61(42,79)7-2)82-47(11-8-9-17-68-5)32(4)56(76)72-19-20-74(31(3)26-72)55-38-22-43(62)49(36-13-14-44(64)53-48(36)39(25-66)54(67)83-53)50(65)52(38)70-59(71-55)81-30-60-16-10-18-73(60)27-33(63)24-60/h12-15,21-23,31,33,47,68,79H,4,6-11,16-20,24,26-30,67H2,1-3,5H3/t31-,33+,47-,60-,61-/m0/s1. The smallest absolute Gasteiger partial charge is 0.343 e. The van der Waals surface area contributed by atoms with E-state index in [4.69, 9.17) is 41.5 Å². The van der Waals surface area contributed by atoms with Crippen molar-refractivity contribution in [2.45, 2.75) is 115 Å². The number of nitrogens with one attached hydrogen (secondary N) is 1. The highest BCUT2D eigenvalue weighted by Crippen LogP contribution is 2.48. The molecule has 5 aliphatic rings. The first-order chi connectivity index (χ1) is 39.9. The van der Waals surface area contributed by atoms with Gasteiger partial charge in [-0.3, -0.25) is 14.5 Å². The number of fused-ring (bicyclic) bond motifs is 8. The number of nitrogen functional groups attached to an aromatic ring is 1. The van der Waals surface area contributed by atoms with E-state index < -0.39 is 47.1 Å². The van der Waals surface area contributed by atoms with Crippen LogP contribution in [0.2, 0.25) is 5.02 Å². The second kappa shape index (κ2) is 21.7. The van der Waals surface area contributed by atoms with Crippen LogP contribution < -0.4 is 31.0 Å². The van der Waals surface area contributed by atoms with Crippen molar-refractivity contribution in [3.05, 3.63) is 109 Å². The molecule has 12 rings (SSSR count).